The molecule has 1 aliphatic rings. The lowest BCUT2D eigenvalue weighted by Crippen LogP contribution is -2.39. The molecule has 0 N–H and O–H groups in total. The molecule has 24 heavy (non-hydrogen) atoms. The van der Waals surface area contributed by atoms with Crippen LogP contribution in [-0.2, 0) is 11.3 Å². The molecule has 3 rings (SSSR count). The summed E-state index contributed by atoms with van der Waals surface area (Å²) in [6.45, 7) is 4.53. The van der Waals surface area contributed by atoms with Crippen LogP contribution in [0.1, 0.15) is 25.8 Å². The van der Waals surface area contributed by atoms with E-state index in [1.54, 1.807) is 17.0 Å². The van der Waals surface area contributed by atoms with Crippen LogP contribution in [0.15, 0.2) is 60.7 Å². The Morgan fingerprint density at radius 1 is 0.958 bits per heavy atom. The summed E-state index contributed by atoms with van der Waals surface area (Å²) in [6.07, 6.45) is 0.845. The molecule has 2 aromatic carbocycles. The highest BCUT2D eigenvalue weighted by atomic mass is 16.2. The van der Waals surface area contributed by atoms with E-state index in [1.165, 1.54) is 4.90 Å². The average molecular weight is 322 g/mol. The van der Waals surface area contributed by atoms with E-state index in [9.17, 15) is 9.59 Å². The highest BCUT2D eigenvalue weighted by Crippen LogP contribution is 2.31. The minimum absolute atomic E-state index is 0.110. The zero-order chi connectivity index (χ0) is 17.1. The maximum absolute atomic E-state index is 13.0. The van der Waals surface area contributed by atoms with E-state index in [2.05, 4.69) is 0 Å². The molecule has 2 aromatic rings. The fourth-order valence-corrected chi connectivity index (χ4v) is 3.14. The first-order valence-corrected chi connectivity index (χ1v) is 8.37. The van der Waals surface area contributed by atoms with E-state index in [1.807, 2.05) is 62.4 Å². The third-order valence-electron chi connectivity index (χ3n) is 4.64. The molecule has 0 saturated carbocycles. The lowest BCUT2D eigenvalue weighted by Gasteiger charge is -2.25. The molecule has 1 heterocycles. The van der Waals surface area contributed by atoms with Crippen molar-refractivity contribution in [3.8, 4) is 0 Å². The molecule has 124 valence electrons. The Hall–Kier alpha value is -2.62. The van der Waals surface area contributed by atoms with Crippen LogP contribution < -0.4 is 4.90 Å². The van der Waals surface area contributed by atoms with Gasteiger partial charge < -0.3 is 4.90 Å². The molecule has 3 amide bonds. The number of para-hydroxylation sites is 1. The number of urea groups is 1. The fourth-order valence-electron chi connectivity index (χ4n) is 3.14. The molecule has 4 nitrogen and oxygen atoms in total. The first-order chi connectivity index (χ1) is 11.6. The van der Waals surface area contributed by atoms with E-state index in [4.69, 9.17) is 0 Å². The molecule has 1 saturated heterocycles. The number of rotatable bonds is 5. The van der Waals surface area contributed by atoms with E-state index in [-0.39, 0.29) is 17.9 Å². The highest BCUT2D eigenvalue weighted by Gasteiger charge is 2.47. The minimum atomic E-state index is -0.414. The van der Waals surface area contributed by atoms with Gasteiger partial charge in [0, 0.05) is 6.54 Å². The number of carbonyl (C=O) groups excluding carboxylic acids is 2. The van der Waals surface area contributed by atoms with Crippen LogP contribution in [-0.4, -0.2) is 22.9 Å². The van der Waals surface area contributed by atoms with Crippen LogP contribution in [0.4, 0.5) is 10.5 Å². The number of imide groups is 1. The normalized spacial score (nSPS) is 19.0. The lowest BCUT2D eigenvalue weighted by atomic mass is 9.97. The Kier molecular flexibility index (Phi) is 4.65. The molecule has 1 aliphatic heterocycles. The summed E-state index contributed by atoms with van der Waals surface area (Å²) in [5, 5.41) is 0. The fraction of sp³-hybridized carbons (Fsp3) is 0.300. The third-order valence-corrected chi connectivity index (χ3v) is 4.64. The Labute approximate surface area is 142 Å². The van der Waals surface area contributed by atoms with Crippen molar-refractivity contribution in [1.82, 2.24) is 4.90 Å². The van der Waals surface area contributed by atoms with Crippen molar-refractivity contribution in [3.05, 3.63) is 66.2 Å². The van der Waals surface area contributed by atoms with Gasteiger partial charge in [-0.1, -0.05) is 68.8 Å². The number of hydrogen-bond acceptors (Lipinski definition) is 2. The summed E-state index contributed by atoms with van der Waals surface area (Å²) in [6, 6.07) is 18.3. The molecule has 0 aliphatic carbocycles. The monoisotopic (exact) mass is 322 g/mol. The third kappa shape index (κ3) is 2.92. The number of amides is 3. The van der Waals surface area contributed by atoms with Gasteiger partial charge in [0.25, 0.3) is 5.91 Å². The van der Waals surface area contributed by atoms with Gasteiger partial charge in [-0.3, -0.25) is 4.79 Å². The van der Waals surface area contributed by atoms with Crippen molar-refractivity contribution in [1.29, 1.82) is 0 Å². The van der Waals surface area contributed by atoms with E-state index in [0.29, 0.717) is 12.2 Å². The molecule has 0 bridgehead atoms. The molecule has 0 spiro atoms. The predicted octanol–water partition coefficient (Wildman–Crippen LogP) is 4.07. The van der Waals surface area contributed by atoms with Crippen LogP contribution in [0.2, 0.25) is 0 Å². The van der Waals surface area contributed by atoms with Crippen molar-refractivity contribution >= 4 is 17.6 Å². The van der Waals surface area contributed by atoms with Crippen LogP contribution in [0, 0.1) is 5.92 Å². The summed E-state index contributed by atoms with van der Waals surface area (Å²) in [5.74, 6) is -0.0182. The minimum Gasteiger partial charge on any atom is -0.307 e. The highest BCUT2D eigenvalue weighted by molar-refractivity contribution is 6.21. The number of carbonyl (C=O) groups is 2. The van der Waals surface area contributed by atoms with Crippen LogP contribution in [0.5, 0.6) is 0 Å². The molecule has 0 radical (unpaired) electrons. The SMILES string of the molecule is CC[C@H](C)[C@H]1C(=O)N(c2ccccc2)C(=O)N1Cc1ccccc1. The van der Waals surface area contributed by atoms with Gasteiger partial charge in [-0.25, -0.2) is 9.69 Å². The quantitative estimate of drug-likeness (QED) is 0.779. The van der Waals surface area contributed by atoms with Gasteiger partial charge in [0.1, 0.15) is 6.04 Å². The molecular formula is C20H22N2O2. The number of hydrogen-bond donors (Lipinski definition) is 0. The average Bonchev–Trinajstić information content (AvgIpc) is 2.86. The smallest absolute Gasteiger partial charge is 0.307 e. The standard InChI is InChI=1S/C20H22N2O2/c1-3-15(2)18-19(23)22(17-12-8-5-9-13-17)20(24)21(18)14-16-10-6-4-7-11-16/h4-13,15,18H,3,14H2,1-2H3/t15-,18-/m0/s1. The summed E-state index contributed by atoms with van der Waals surface area (Å²) >= 11 is 0. The van der Waals surface area contributed by atoms with Crippen molar-refractivity contribution in [2.24, 2.45) is 5.92 Å². The first kappa shape index (κ1) is 16.2. The zero-order valence-electron chi connectivity index (χ0n) is 14.1. The molecular weight excluding hydrogens is 300 g/mol. The maximum Gasteiger partial charge on any atom is 0.332 e. The summed E-state index contributed by atoms with van der Waals surface area (Å²) < 4.78 is 0. The molecule has 2 atom stereocenters. The van der Waals surface area contributed by atoms with Gasteiger partial charge in [-0.05, 0) is 23.6 Å². The Bertz CT molecular complexity index is 715. The molecule has 4 heteroatoms. The van der Waals surface area contributed by atoms with E-state index in [0.717, 1.165) is 12.0 Å². The van der Waals surface area contributed by atoms with Crippen molar-refractivity contribution in [3.63, 3.8) is 0 Å². The number of nitrogens with zero attached hydrogens (tertiary/aromatic N) is 2. The largest absolute Gasteiger partial charge is 0.332 e. The number of benzene rings is 2. The lowest BCUT2D eigenvalue weighted by molar-refractivity contribution is -0.121. The Balaban J connectivity index is 1.95. The van der Waals surface area contributed by atoms with E-state index >= 15 is 0 Å². The van der Waals surface area contributed by atoms with Gasteiger partial charge in [0.15, 0.2) is 0 Å². The summed E-state index contributed by atoms with van der Waals surface area (Å²) in [4.78, 5) is 29.0. The van der Waals surface area contributed by atoms with Crippen LogP contribution in [0.25, 0.3) is 0 Å². The van der Waals surface area contributed by atoms with Gasteiger partial charge in [0.05, 0.1) is 5.69 Å². The van der Waals surface area contributed by atoms with Crippen LogP contribution >= 0.6 is 0 Å². The second-order valence-corrected chi connectivity index (χ2v) is 6.24. The Morgan fingerprint density at radius 2 is 1.54 bits per heavy atom. The summed E-state index contributed by atoms with van der Waals surface area (Å²) in [7, 11) is 0. The zero-order valence-corrected chi connectivity index (χ0v) is 14.1. The predicted molar refractivity (Wildman–Crippen MR) is 94.6 cm³/mol. The van der Waals surface area contributed by atoms with E-state index < -0.39 is 6.04 Å². The molecule has 0 unspecified atom stereocenters. The van der Waals surface area contributed by atoms with Crippen molar-refractivity contribution in [2.75, 3.05) is 4.90 Å². The first-order valence-electron chi connectivity index (χ1n) is 8.37. The van der Waals surface area contributed by atoms with Gasteiger partial charge in [-0.15, -0.1) is 0 Å². The molecule has 0 aromatic heterocycles. The summed E-state index contributed by atoms with van der Waals surface area (Å²) in [5.41, 5.74) is 1.67. The molecule has 1 fully saturated rings. The second-order valence-electron chi connectivity index (χ2n) is 6.24. The topological polar surface area (TPSA) is 40.6 Å². The van der Waals surface area contributed by atoms with Gasteiger partial charge in [0.2, 0.25) is 0 Å². The maximum atomic E-state index is 13.0. The van der Waals surface area contributed by atoms with Crippen molar-refractivity contribution in [2.45, 2.75) is 32.9 Å². The second kappa shape index (κ2) is 6.87. The van der Waals surface area contributed by atoms with Gasteiger partial charge in [-0.2, -0.15) is 0 Å². The Morgan fingerprint density at radius 3 is 2.12 bits per heavy atom. The number of anilines is 1. The van der Waals surface area contributed by atoms with Crippen molar-refractivity contribution < 1.29 is 9.59 Å². The van der Waals surface area contributed by atoms with Crippen LogP contribution in [0.3, 0.4) is 0 Å². The van der Waals surface area contributed by atoms with Gasteiger partial charge >= 0.3 is 6.03 Å².